The van der Waals surface area contributed by atoms with Gasteiger partial charge < -0.3 is 14.6 Å². The summed E-state index contributed by atoms with van der Waals surface area (Å²) in [4.78, 5) is 16.8. The van der Waals surface area contributed by atoms with Crippen LogP contribution in [0.1, 0.15) is 9.67 Å². The van der Waals surface area contributed by atoms with Gasteiger partial charge in [0, 0.05) is 12.4 Å². The summed E-state index contributed by atoms with van der Waals surface area (Å²) < 4.78 is 8.28. The van der Waals surface area contributed by atoms with Gasteiger partial charge in [0.1, 0.15) is 12.4 Å². The van der Waals surface area contributed by atoms with Crippen molar-refractivity contribution in [2.24, 2.45) is 0 Å². The number of benzene rings is 1. The van der Waals surface area contributed by atoms with E-state index in [1.807, 2.05) is 29.0 Å². The van der Waals surface area contributed by atoms with Gasteiger partial charge in [-0.05, 0) is 24.3 Å². The van der Waals surface area contributed by atoms with Gasteiger partial charge in [0.15, 0.2) is 0 Å². The van der Waals surface area contributed by atoms with Gasteiger partial charge in [0.25, 0.3) is 5.91 Å². The fourth-order valence-corrected chi connectivity index (χ4v) is 2.93. The Hall–Kier alpha value is -2.31. The molecule has 0 aliphatic rings. The van der Waals surface area contributed by atoms with Gasteiger partial charge in [-0.25, -0.2) is 4.98 Å². The van der Waals surface area contributed by atoms with Gasteiger partial charge in [-0.15, -0.1) is 11.3 Å². The molecule has 5 nitrogen and oxygen atoms in total. The molecule has 0 atom stereocenters. The molecule has 0 saturated carbocycles. The molecule has 0 saturated heterocycles. The van der Waals surface area contributed by atoms with Crippen molar-refractivity contribution < 1.29 is 9.53 Å². The number of anilines is 1. The van der Waals surface area contributed by atoms with E-state index in [-0.39, 0.29) is 5.91 Å². The van der Waals surface area contributed by atoms with Crippen LogP contribution < -0.4 is 10.1 Å². The largest absolute Gasteiger partial charge is 0.490 e. The van der Waals surface area contributed by atoms with Crippen molar-refractivity contribution >= 4 is 34.5 Å². The Labute approximate surface area is 142 Å². The number of thiophene rings is 1. The summed E-state index contributed by atoms with van der Waals surface area (Å²) in [5, 5.41) is 2.85. The Morgan fingerprint density at radius 3 is 2.91 bits per heavy atom. The van der Waals surface area contributed by atoms with Crippen LogP contribution in [0.5, 0.6) is 5.75 Å². The van der Waals surface area contributed by atoms with Crippen LogP contribution in [-0.4, -0.2) is 22.1 Å². The molecule has 7 heteroatoms. The molecule has 0 spiro atoms. The average molecular weight is 348 g/mol. The molecule has 2 heterocycles. The van der Waals surface area contributed by atoms with Crippen molar-refractivity contribution in [2.45, 2.75) is 6.54 Å². The van der Waals surface area contributed by atoms with Crippen LogP contribution in [-0.2, 0) is 6.54 Å². The summed E-state index contributed by atoms with van der Waals surface area (Å²) in [7, 11) is 0. The van der Waals surface area contributed by atoms with Crippen molar-refractivity contribution in [2.75, 3.05) is 11.9 Å². The molecule has 2 aromatic heterocycles. The molecular formula is C16H14ClN3O2S. The van der Waals surface area contributed by atoms with E-state index in [1.54, 1.807) is 30.7 Å². The van der Waals surface area contributed by atoms with Gasteiger partial charge in [0.2, 0.25) is 0 Å². The molecule has 0 radical (unpaired) electrons. The molecule has 3 aromatic rings. The number of para-hydroxylation sites is 2. The maximum Gasteiger partial charge on any atom is 0.265 e. The first-order valence-electron chi connectivity index (χ1n) is 6.96. The van der Waals surface area contributed by atoms with E-state index in [2.05, 4.69) is 10.3 Å². The van der Waals surface area contributed by atoms with E-state index in [0.717, 1.165) is 0 Å². The lowest BCUT2D eigenvalue weighted by Gasteiger charge is -2.12. The van der Waals surface area contributed by atoms with E-state index < -0.39 is 0 Å². The van der Waals surface area contributed by atoms with Gasteiger partial charge in [-0.2, -0.15) is 0 Å². The molecule has 1 aromatic carbocycles. The first kappa shape index (κ1) is 15.6. The lowest BCUT2D eigenvalue weighted by atomic mass is 10.3. The highest BCUT2D eigenvalue weighted by Crippen LogP contribution is 2.26. The maximum atomic E-state index is 12.2. The number of imidazole rings is 1. The number of hydrogen-bond acceptors (Lipinski definition) is 4. The predicted molar refractivity (Wildman–Crippen MR) is 91.4 cm³/mol. The zero-order valence-corrected chi connectivity index (χ0v) is 13.7. The molecule has 118 valence electrons. The van der Waals surface area contributed by atoms with Crippen LogP contribution in [0, 0.1) is 0 Å². The smallest absolute Gasteiger partial charge is 0.265 e. The van der Waals surface area contributed by atoms with Crippen LogP contribution in [0.15, 0.2) is 55.1 Å². The monoisotopic (exact) mass is 347 g/mol. The zero-order valence-electron chi connectivity index (χ0n) is 12.1. The average Bonchev–Trinajstić information content (AvgIpc) is 3.20. The Balaban J connectivity index is 1.64. The number of hydrogen-bond donors (Lipinski definition) is 1. The highest BCUT2D eigenvalue weighted by Gasteiger charge is 2.11. The molecule has 1 N–H and O–H groups in total. The summed E-state index contributed by atoms with van der Waals surface area (Å²) in [6.07, 6.45) is 5.33. The van der Waals surface area contributed by atoms with E-state index in [1.165, 1.54) is 11.3 Å². The van der Waals surface area contributed by atoms with E-state index >= 15 is 0 Å². The number of ether oxygens (including phenoxy) is 1. The van der Waals surface area contributed by atoms with Crippen molar-refractivity contribution in [1.29, 1.82) is 0 Å². The number of amides is 1. The zero-order chi connectivity index (χ0) is 16.1. The third kappa shape index (κ3) is 4.12. The number of halogens is 1. The molecule has 0 aliphatic carbocycles. The lowest BCUT2D eigenvalue weighted by Crippen LogP contribution is -2.12. The molecule has 0 bridgehead atoms. The first-order chi connectivity index (χ1) is 11.2. The molecular weight excluding hydrogens is 334 g/mol. The summed E-state index contributed by atoms with van der Waals surface area (Å²) in [6, 6.07) is 10.7. The van der Waals surface area contributed by atoms with Crippen LogP contribution in [0.4, 0.5) is 5.69 Å². The minimum atomic E-state index is -0.201. The lowest BCUT2D eigenvalue weighted by molar-refractivity contribution is 0.103. The van der Waals surface area contributed by atoms with Crippen molar-refractivity contribution in [3.63, 3.8) is 0 Å². The minimum Gasteiger partial charge on any atom is -0.490 e. The SMILES string of the molecule is O=C(Nc1ccccc1OCCn1ccnc1)c1ccc(Cl)s1. The van der Waals surface area contributed by atoms with Crippen molar-refractivity contribution in [3.8, 4) is 5.75 Å². The molecule has 0 unspecified atom stereocenters. The van der Waals surface area contributed by atoms with Crippen molar-refractivity contribution in [3.05, 3.63) is 64.3 Å². The van der Waals surface area contributed by atoms with Crippen LogP contribution in [0.3, 0.4) is 0 Å². The minimum absolute atomic E-state index is 0.201. The number of carbonyl (C=O) groups excluding carboxylic acids is 1. The number of aromatic nitrogens is 2. The normalized spacial score (nSPS) is 10.5. The second-order valence-corrected chi connectivity index (χ2v) is 6.42. The molecule has 23 heavy (non-hydrogen) atoms. The third-order valence-corrected chi connectivity index (χ3v) is 4.33. The highest BCUT2D eigenvalue weighted by molar-refractivity contribution is 7.18. The predicted octanol–water partition coefficient (Wildman–Crippen LogP) is 3.93. The second-order valence-electron chi connectivity index (χ2n) is 4.70. The Bertz CT molecular complexity index is 786. The van der Waals surface area contributed by atoms with Crippen LogP contribution in [0.2, 0.25) is 4.34 Å². The summed E-state index contributed by atoms with van der Waals surface area (Å²) in [5.74, 6) is 0.427. The maximum absolute atomic E-state index is 12.2. The van der Waals surface area contributed by atoms with Crippen LogP contribution >= 0.6 is 22.9 Å². The standard InChI is InChI=1S/C16H14ClN3O2S/c17-15-6-5-14(23-15)16(21)19-12-3-1-2-4-13(12)22-10-9-20-8-7-18-11-20/h1-8,11H,9-10H2,(H,19,21). The third-order valence-electron chi connectivity index (χ3n) is 3.10. The number of carbonyl (C=O) groups is 1. The number of nitrogens with one attached hydrogen (secondary N) is 1. The quantitative estimate of drug-likeness (QED) is 0.735. The Morgan fingerprint density at radius 2 is 2.17 bits per heavy atom. The fraction of sp³-hybridized carbons (Fsp3) is 0.125. The van der Waals surface area contributed by atoms with E-state index in [0.29, 0.717) is 33.8 Å². The van der Waals surface area contributed by atoms with Gasteiger partial charge in [0.05, 0.1) is 27.8 Å². The summed E-state index contributed by atoms with van der Waals surface area (Å²) in [5.41, 5.74) is 0.632. The summed E-state index contributed by atoms with van der Waals surface area (Å²) >= 11 is 7.10. The molecule has 3 rings (SSSR count). The van der Waals surface area contributed by atoms with Gasteiger partial charge in [-0.3, -0.25) is 4.79 Å². The first-order valence-corrected chi connectivity index (χ1v) is 8.16. The second kappa shape index (κ2) is 7.30. The van der Waals surface area contributed by atoms with E-state index in [4.69, 9.17) is 16.3 Å². The van der Waals surface area contributed by atoms with Crippen LogP contribution in [0.25, 0.3) is 0 Å². The number of nitrogens with zero attached hydrogens (tertiary/aromatic N) is 2. The fourth-order valence-electron chi connectivity index (χ4n) is 2.00. The molecule has 0 fully saturated rings. The molecule has 1 amide bonds. The van der Waals surface area contributed by atoms with E-state index in [9.17, 15) is 4.79 Å². The Kier molecular flexibility index (Phi) is 4.95. The van der Waals surface area contributed by atoms with Gasteiger partial charge >= 0.3 is 0 Å². The molecule has 0 aliphatic heterocycles. The topological polar surface area (TPSA) is 56.1 Å². The Morgan fingerprint density at radius 1 is 1.30 bits per heavy atom. The van der Waals surface area contributed by atoms with Gasteiger partial charge in [-0.1, -0.05) is 23.7 Å². The number of rotatable bonds is 6. The summed E-state index contributed by atoms with van der Waals surface area (Å²) in [6.45, 7) is 1.16. The van der Waals surface area contributed by atoms with Crippen molar-refractivity contribution in [1.82, 2.24) is 9.55 Å². The highest BCUT2D eigenvalue weighted by atomic mass is 35.5.